The van der Waals surface area contributed by atoms with Gasteiger partial charge in [-0.15, -0.1) is 0 Å². The molecule has 0 radical (unpaired) electrons. The summed E-state index contributed by atoms with van der Waals surface area (Å²) in [6, 6.07) is 8.73. The van der Waals surface area contributed by atoms with E-state index >= 15 is 0 Å². The Balaban J connectivity index is 1.67. The lowest BCUT2D eigenvalue weighted by atomic mass is 9.77. The van der Waals surface area contributed by atoms with Crippen molar-refractivity contribution in [2.45, 2.75) is 49.2 Å². The number of alkyl halides is 7. The van der Waals surface area contributed by atoms with Crippen molar-refractivity contribution in [1.82, 2.24) is 0 Å². The molecule has 1 saturated heterocycles. The van der Waals surface area contributed by atoms with Gasteiger partial charge in [0.15, 0.2) is 0 Å². The number of rotatable bonds is 3. The first-order valence-electron chi connectivity index (χ1n) is 9.90. The van der Waals surface area contributed by atoms with Crippen molar-refractivity contribution in [1.29, 1.82) is 0 Å². The molecule has 1 aliphatic heterocycles. The van der Waals surface area contributed by atoms with E-state index in [1.165, 1.54) is 18.2 Å². The minimum atomic E-state index is -6.14. The van der Waals surface area contributed by atoms with Crippen LogP contribution in [0, 0.1) is 0 Å². The molecule has 0 bridgehead atoms. The van der Waals surface area contributed by atoms with Gasteiger partial charge in [-0.25, -0.2) is 9.18 Å². The van der Waals surface area contributed by atoms with E-state index in [-0.39, 0.29) is 29.5 Å². The van der Waals surface area contributed by atoms with Gasteiger partial charge in [0.25, 0.3) is 0 Å². The molecule has 1 N–H and O–H groups in total. The van der Waals surface area contributed by atoms with Crippen LogP contribution in [0.3, 0.4) is 0 Å². The molecule has 1 fully saturated rings. The maximum atomic E-state index is 14.5. The molecule has 1 unspecified atom stereocenters. The van der Waals surface area contributed by atoms with Gasteiger partial charge in [-0.3, -0.25) is 0 Å². The molecule has 172 valence electrons. The standard InChI is InChI=1S/C22H18F7NO2/c23-20(21(24,25)26,22(27,28)29)14-5-6-16-12(10-14)4-7-18-17(16)8-9-30(18)15-3-1-2-13(11-15)19(31)32/h1-3,5-6,10-11,17-18H,4,7-9H2,(H,31,32)/t17-,18?/m0/s1. The quantitative estimate of drug-likeness (QED) is 0.572. The normalized spacial score (nSPS) is 21.3. The largest absolute Gasteiger partial charge is 0.478 e. The van der Waals surface area contributed by atoms with Crippen LogP contribution in [0.25, 0.3) is 0 Å². The Hall–Kier alpha value is -2.78. The highest BCUT2D eigenvalue weighted by atomic mass is 19.4. The number of benzene rings is 2. The molecule has 0 aromatic heterocycles. The molecule has 2 aliphatic rings. The highest BCUT2D eigenvalue weighted by Gasteiger charge is 2.73. The van der Waals surface area contributed by atoms with Crippen LogP contribution in [0.2, 0.25) is 0 Å². The van der Waals surface area contributed by atoms with Gasteiger partial charge < -0.3 is 10.0 Å². The number of aryl methyl sites for hydroxylation is 1. The van der Waals surface area contributed by atoms with Gasteiger partial charge in [0.2, 0.25) is 0 Å². The van der Waals surface area contributed by atoms with Gasteiger partial charge in [0.05, 0.1) is 5.56 Å². The third-order valence-corrected chi connectivity index (χ3v) is 6.40. The first-order valence-corrected chi connectivity index (χ1v) is 9.90. The predicted octanol–water partition coefficient (Wildman–Crippen LogP) is 5.98. The molecular formula is C22H18F7NO2. The lowest BCUT2D eigenvalue weighted by Gasteiger charge is -2.36. The van der Waals surface area contributed by atoms with Crippen molar-refractivity contribution in [3.05, 3.63) is 64.7 Å². The Morgan fingerprint density at radius 3 is 2.25 bits per heavy atom. The fourth-order valence-electron chi connectivity index (χ4n) is 4.90. The number of carboxylic acids is 1. The third kappa shape index (κ3) is 3.40. The van der Waals surface area contributed by atoms with Crippen molar-refractivity contribution >= 4 is 11.7 Å². The SMILES string of the molecule is O=C(O)c1cccc(N2CC[C@H]3c4ccc(C(F)(C(F)(F)F)C(F)(F)F)cc4CCC32)c1. The van der Waals surface area contributed by atoms with Gasteiger partial charge in [-0.2, -0.15) is 26.3 Å². The molecular weight excluding hydrogens is 443 g/mol. The van der Waals surface area contributed by atoms with Crippen molar-refractivity contribution in [3.8, 4) is 0 Å². The summed E-state index contributed by atoms with van der Waals surface area (Å²) in [6.45, 7) is 0.553. The Kier molecular flexibility index (Phi) is 5.17. The van der Waals surface area contributed by atoms with Gasteiger partial charge in [0, 0.05) is 29.8 Å². The number of fused-ring (bicyclic) bond motifs is 3. The fourth-order valence-corrected chi connectivity index (χ4v) is 4.90. The van der Waals surface area contributed by atoms with Crippen LogP contribution in [-0.2, 0) is 12.1 Å². The number of carboxylic acid groups (broad SMARTS) is 1. The number of aromatic carboxylic acids is 1. The van der Waals surface area contributed by atoms with Crippen LogP contribution in [0.1, 0.15) is 45.8 Å². The average molecular weight is 461 g/mol. The summed E-state index contributed by atoms with van der Waals surface area (Å²) in [6.07, 6.45) is -11.1. The van der Waals surface area contributed by atoms with Gasteiger partial charge in [0.1, 0.15) is 0 Å². The first-order chi connectivity index (χ1) is 14.8. The summed E-state index contributed by atoms with van der Waals surface area (Å²) < 4.78 is 93.2. The van der Waals surface area contributed by atoms with Crippen LogP contribution >= 0.6 is 0 Å². The summed E-state index contributed by atoms with van der Waals surface area (Å²) >= 11 is 0. The van der Waals surface area contributed by atoms with E-state index in [0.29, 0.717) is 42.8 Å². The van der Waals surface area contributed by atoms with E-state index in [1.54, 1.807) is 12.1 Å². The number of anilines is 1. The summed E-state index contributed by atoms with van der Waals surface area (Å²) in [5.74, 6) is -1.24. The summed E-state index contributed by atoms with van der Waals surface area (Å²) in [7, 11) is 0. The minimum absolute atomic E-state index is 0.0854. The minimum Gasteiger partial charge on any atom is -0.478 e. The van der Waals surface area contributed by atoms with Crippen molar-refractivity contribution < 1.29 is 40.6 Å². The van der Waals surface area contributed by atoms with Gasteiger partial charge in [-0.1, -0.05) is 24.3 Å². The average Bonchev–Trinajstić information content (AvgIpc) is 3.15. The molecule has 3 nitrogen and oxygen atoms in total. The Labute approximate surface area is 178 Å². The molecule has 32 heavy (non-hydrogen) atoms. The number of hydrogen-bond acceptors (Lipinski definition) is 2. The van der Waals surface area contributed by atoms with E-state index in [1.807, 2.05) is 4.90 Å². The maximum absolute atomic E-state index is 14.5. The summed E-state index contributed by atoms with van der Waals surface area (Å²) in [4.78, 5) is 13.3. The first kappa shape index (κ1) is 22.4. The van der Waals surface area contributed by atoms with Crippen molar-refractivity contribution in [2.24, 2.45) is 0 Å². The molecule has 4 rings (SSSR count). The highest BCUT2D eigenvalue weighted by molar-refractivity contribution is 5.88. The van der Waals surface area contributed by atoms with E-state index in [4.69, 9.17) is 0 Å². The van der Waals surface area contributed by atoms with E-state index in [0.717, 1.165) is 0 Å². The van der Waals surface area contributed by atoms with Crippen molar-refractivity contribution in [3.63, 3.8) is 0 Å². The molecule has 1 aliphatic carbocycles. The van der Waals surface area contributed by atoms with Crippen LogP contribution in [0.15, 0.2) is 42.5 Å². The zero-order valence-corrected chi connectivity index (χ0v) is 16.5. The van der Waals surface area contributed by atoms with Crippen LogP contribution in [-0.4, -0.2) is 36.0 Å². The van der Waals surface area contributed by atoms with E-state index in [2.05, 4.69) is 0 Å². The number of nitrogens with zero attached hydrogens (tertiary/aromatic N) is 1. The molecule has 0 saturated carbocycles. The second-order valence-electron chi connectivity index (χ2n) is 8.12. The Morgan fingerprint density at radius 1 is 0.938 bits per heavy atom. The monoisotopic (exact) mass is 461 g/mol. The second-order valence-corrected chi connectivity index (χ2v) is 8.12. The third-order valence-electron chi connectivity index (χ3n) is 6.40. The van der Waals surface area contributed by atoms with Crippen LogP contribution in [0.5, 0.6) is 0 Å². The summed E-state index contributed by atoms with van der Waals surface area (Å²) in [5, 5.41) is 9.21. The molecule has 0 amide bonds. The Morgan fingerprint density at radius 2 is 1.62 bits per heavy atom. The predicted molar refractivity (Wildman–Crippen MR) is 102 cm³/mol. The maximum Gasteiger partial charge on any atom is 0.435 e. The zero-order valence-electron chi connectivity index (χ0n) is 16.5. The lowest BCUT2D eigenvalue weighted by molar-refractivity contribution is -0.348. The summed E-state index contributed by atoms with van der Waals surface area (Å²) in [5.41, 5.74) is -5.21. The van der Waals surface area contributed by atoms with Gasteiger partial charge >= 0.3 is 24.0 Å². The molecule has 2 aromatic rings. The number of halogens is 7. The number of carbonyl (C=O) groups is 1. The molecule has 10 heteroatoms. The van der Waals surface area contributed by atoms with Crippen LogP contribution in [0.4, 0.5) is 36.4 Å². The second kappa shape index (κ2) is 7.38. The van der Waals surface area contributed by atoms with Crippen molar-refractivity contribution in [2.75, 3.05) is 11.4 Å². The molecule has 2 atom stereocenters. The molecule has 2 aromatic carbocycles. The smallest absolute Gasteiger partial charge is 0.435 e. The number of hydrogen-bond donors (Lipinski definition) is 1. The van der Waals surface area contributed by atoms with E-state index in [9.17, 15) is 40.6 Å². The highest BCUT2D eigenvalue weighted by Crippen LogP contribution is 2.54. The Bertz CT molecular complexity index is 1030. The zero-order chi connectivity index (χ0) is 23.5. The van der Waals surface area contributed by atoms with E-state index < -0.39 is 29.6 Å². The topological polar surface area (TPSA) is 40.5 Å². The van der Waals surface area contributed by atoms with Crippen LogP contribution < -0.4 is 4.90 Å². The van der Waals surface area contributed by atoms with Gasteiger partial charge in [-0.05, 0) is 48.6 Å². The molecule has 1 heterocycles. The molecule has 0 spiro atoms. The lowest BCUT2D eigenvalue weighted by Crippen LogP contribution is -2.50. The fraction of sp³-hybridized carbons (Fsp3) is 0.409.